The summed E-state index contributed by atoms with van der Waals surface area (Å²) >= 11 is 0. The van der Waals surface area contributed by atoms with Crippen LogP contribution in [0, 0.1) is 5.92 Å². The second kappa shape index (κ2) is 8.01. The average molecular weight is 306 g/mol. The standard InChI is InChI=1S/C17H26N2O3/c1-3-5-7-14(4-2)16(20)18-9-11-19(12-10-18)17(21)15-8-6-13-22-15/h6,8,13-14H,3-5,7,9-12H2,1-2H3/t14-/m0/s1. The zero-order chi connectivity index (χ0) is 15.9. The molecule has 1 aromatic rings. The number of hydrogen-bond donors (Lipinski definition) is 0. The molecule has 0 radical (unpaired) electrons. The Bertz CT molecular complexity index is 476. The number of unbranched alkanes of at least 4 members (excludes halogenated alkanes) is 1. The third-order valence-electron chi connectivity index (χ3n) is 4.36. The van der Waals surface area contributed by atoms with E-state index in [-0.39, 0.29) is 17.7 Å². The monoisotopic (exact) mass is 306 g/mol. The van der Waals surface area contributed by atoms with Gasteiger partial charge < -0.3 is 14.2 Å². The number of piperazine rings is 1. The Hall–Kier alpha value is -1.78. The molecule has 0 N–H and O–H groups in total. The summed E-state index contributed by atoms with van der Waals surface area (Å²) in [5.74, 6) is 0.664. The molecule has 5 nitrogen and oxygen atoms in total. The highest BCUT2D eigenvalue weighted by atomic mass is 16.3. The first-order valence-corrected chi connectivity index (χ1v) is 8.28. The van der Waals surface area contributed by atoms with Crippen LogP contribution in [-0.2, 0) is 4.79 Å². The SMILES string of the molecule is CCCC[C@H](CC)C(=O)N1CCN(C(=O)c2ccco2)CC1. The summed E-state index contributed by atoms with van der Waals surface area (Å²) in [5.41, 5.74) is 0. The molecule has 1 saturated heterocycles. The topological polar surface area (TPSA) is 53.8 Å². The number of amides is 2. The molecular formula is C17H26N2O3. The van der Waals surface area contributed by atoms with Crippen LogP contribution in [0.3, 0.4) is 0 Å². The molecule has 2 rings (SSSR count). The van der Waals surface area contributed by atoms with Crippen LogP contribution in [0.4, 0.5) is 0 Å². The fourth-order valence-electron chi connectivity index (χ4n) is 2.90. The van der Waals surface area contributed by atoms with Gasteiger partial charge in [-0.05, 0) is 25.0 Å². The van der Waals surface area contributed by atoms with Gasteiger partial charge in [0.05, 0.1) is 6.26 Å². The van der Waals surface area contributed by atoms with E-state index in [4.69, 9.17) is 4.42 Å². The molecule has 1 atom stereocenters. The Morgan fingerprint density at radius 2 is 1.86 bits per heavy atom. The van der Waals surface area contributed by atoms with Crippen molar-refractivity contribution in [1.82, 2.24) is 9.80 Å². The fourth-order valence-corrected chi connectivity index (χ4v) is 2.90. The summed E-state index contributed by atoms with van der Waals surface area (Å²) in [7, 11) is 0. The van der Waals surface area contributed by atoms with Gasteiger partial charge in [0.2, 0.25) is 5.91 Å². The van der Waals surface area contributed by atoms with Gasteiger partial charge in [0, 0.05) is 32.1 Å². The molecule has 1 fully saturated rings. The lowest BCUT2D eigenvalue weighted by Crippen LogP contribution is -2.51. The lowest BCUT2D eigenvalue weighted by molar-refractivity contribution is -0.137. The van der Waals surface area contributed by atoms with Crippen LogP contribution >= 0.6 is 0 Å². The molecule has 0 aliphatic carbocycles. The Kier molecular flexibility index (Phi) is 6.04. The van der Waals surface area contributed by atoms with Gasteiger partial charge in [0.15, 0.2) is 5.76 Å². The molecule has 0 spiro atoms. The fraction of sp³-hybridized carbons (Fsp3) is 0.647. The summed E-state index contributed by atoms with van der Waals surface area (Å²) < 4.78 is 5.15. The smallest absolute Gasteiger partial charge is 0.289 e. The number of nitrogens with zero attached hydrogens (tertiary/aromatic N) is 2. The Morgan fingerprint density at radius 1 is 1.18 bits per heavy atom. The average Bonchev–Trinajstić information content (AvgIpc) is 3.09. The lowest BCUT2D eigenvalue weighted by atomic mass is 9.97. The molecule has 0 bridgehead atoms. The van der Waals surface area contributed by atoms with E-state index in [2.05, 4.69) is 13.8 Å². The summed E-state index contributed by atoms with van der Waals surface area (Å²) in [4.78, 5) is 28.4. The third kappa shape index (κ3) is 3.90. The number of carbonyl (C=O) groups excluding carboxylic acids is 2. The second-order valence-electron chi connectivity index (χ2n) is 5.84. The summed E-state index contributed by atoms with van der Waals surface area (Å²) in [6.07, 6.45) is 5.59. The minimum absolute atomic E-state index is 0.0878. The van der Waals surface area contributed by atoms with E-state index < -0.39 is 0 Å². The molecule has 0 unspecified atom stereocenters. The second-order valence-corrected chi connectivity index (χ2v) is 5.84. The van der Waals surface area contributed by atoms with Crippen LogP contribution in [0.15, 0.2) is 22.8 Å². The van der Waals surface area contributed by atoms with Crippen molar-refractivity contribution in [1.29, 1.82) is 0 Å². The lowest BCUT2D eigenvalue weighted by Gasteiger charge is -2.36. The predicted octanol–water partition coefficient (Wildman–Crippen LogP) is 2.78. The summed E-state index contributed by atoms with van der Waals surface area (Å²) in [6.45, 7) is 6.62. The van der Waals surface area contributed by atoms with Gasteiger partial charge in [0.25, 0.3) is 5.91 Å². The van der Waals surface area contributed by atoms with Crippen LogP contribution in [0.25, 0.3) is 0 Å². The van der Waals surface area contributed by atoms with E-state index in [1.54, 1.807) is 17.0 Å². The number of rotatable bonds is 6. The number of carbonyl (C=O) groups is 2. The maximum atomic E-state index is 12.5. The molecule has 2 amide bonds. The minimum Gasteiger partial charge on any atom is -0.459 e. The molecule has 0 saturated carbocycles. The zero-order valence-corrected chi connectivity index (χ0v) is 13.6. The molecule has 0 aromatic carbocycles. The van der Waals surface area contributed by atoms with Crippen molar-refractivity contribution >= 4 is 11.8 Å². The van der Waals surface area contributed by atoms with E-state index in [9.17, 15) is 9.59 Å². The predicted molar refractivity (Wildman–Crippen MR) is 84.5 cm³/mol. The minimum atomic E-state index is -0.0878. The summed E-state index contributed by atoms with van der Waals surface area (Å²) in [5, 5.41) is 0. The molecular weight excluding hydrogens is 280 g/mol. The first-order valence-electron chi connectivity index (χ1n) is 8.28. The van der Waals surface area contributed by atoms with Crippen LogP contribution < -0.4 is 0 Å². The van der Waals surface area contributed by atoms with Gasteiger partial charge in [-0.25, -0.2) is 0 Å². The highest BCUT2D eigenvalue weighted by molar-refractivity contribution is 5.91. The number of hydrogen-bond acceptors (Lipinski definition) is 3. The van der Waals surface area contributed by atoms with Crippen molar-refractivity contribution in [2.24, 2.45) is 5.92 Å². The van der Waals surface area contributed by atoms with E-state index in [0.29, 0.717) is 31.9 Å². The van der Waals surface area contributed by atoms with Crippen LogP contribution in [0.5, 0.6) is 0 Å². The molecule has 1 aliphatic heterocycles. The summed E-state index contributed by atoms with van der Waals surface area (Å²) in [6, 6.07) is 3.39. The quantitative estimate of drug-likeness (QED) is 0.812. The van der Waals surface area contributed by atoms with Gasteiger partial charge in [0.1, 0.15) is 0 Å². The molecule has 1 aliphatic rings. The maximum absolute atomic E-state index is 12.5. The highest BCUT2D eigenvalue weighted by Crippen LogP contribution is 2.18. The molecule has 1 aromatic heterocycles. The van der Waals surface area contributed by atoms with Crippen molar-refractivity contribution in [3.63, 3.8) is 0 Å². The van der Waals surface area contributed by atoms with E-state index in [1.165, 1.54) is 6.26 Å². The highest BCUT2D eigenvalue weighted by Gasteiger charge is 2.28. The van der Waals surface area contributed by atoms with Gasteiger partial charge in [-0.1, -0.05) is 26.7 Å². The van der Waals surface area contributed by atoms with E-state index >= 15 is 0 Å². The Labute approximate surface area is 132 Å². The Morgan fingerprint density at radius 3 is 2.41 bits per heavy atom. The molecule has 5 heteroatoms. The van der Waals surface area contributed by atoms with Crippen molar-refractivity contribution in [3.05, 3.63) is 24.2 Å². The number of furan rings is 1. The first-order chi connectivity index (χ1) is 10.7. The zero-order valence-electron chi connectivity index (χ0n) is 13.6. The van der Waals surface area contributed by atoms with Crippen molar-refractivity contribution in [2.75, 3.05) is 26.2 Å². The third-order valence-corrected chi connectivity index (χ3v) is 4.36. The van der Waals surface area contributed by atoms with Gasteiger partial charge in [-0.2, -0.15) is 0 Å². The molecule has 2 heterocycles. The van der Waals surface area contributed by atoms with Crippen LogP contribution in [0.1, 0.15) is 50.1 Å². The largest absolute Gasteiger partial charge is 0.459 e. The van der Waals surface area contributed by atoms with Gasteiger partial charge >= 0.3 is 0 Å². The Balaban J connectivity index is 1.86. The van der Waals surface area contributed by atoms with E-state index in [0.717, 1.165) is 25.7 Å². The van der Waals surface area contributed by atoms with Crippen molar-refractivity contribution in [3.8, 4) is 0 Å². The van der Waals surface area contributed by atoms with Gasteiger partial charge in [-0.3, -0.25) is 9.59 Å². The first kappa shape index (κ1) is 16.6. The molecule has 22 heavy (non-hydrogen) atoms. The van der Waals surface area contributed by atoms with E-state index in [1.807, 2.05) is 4.90 Å². The van der Waals surface area contributed by atoms with Gasteiger partial charge in [-0.15, -0.1) is 0 Å². The van der Waals surface area contributed by atoms with Crippen LogP contribution in [-0.4, -0.2) is 47.8 Å². The maximum Gasteiger partial charge on any atom is 0.289 e. The molecule has 122 valence electrons. The normalized spacial score (nSPS) is 16.6. The van der Waals surface area contributed by atoms with Crippen LogP contribution in [0.2, 0.25) is 0 Å². The van der Waals surface area contributed by atoms with Crippen molar-refractivity contribution < 1.29 is 14.0 Å². The van der Waals surface area contributed by atoms with Crippen molar-refractivity contribution in [2.45, 2.75) is 39.5 Å².